The molecule has 0 unspecified atom stereocenters. The Morgan fingerprint density at radius 2 is 2.17 bits per heavy atom. The summed E-state index contributed by atoms with van der Waals surface area (Å²) in [5.74, 6) is -0.0753. The molecule has 124 valence electrons. The van der Waals surface area contributed by atoms with E-state index in [0.29, 0.717) is 28.4 Å². The summed E-state index contributed by atoms with van der Waals surface area (Å²) in [5.41, 5.74) is 7.79. The molecule has 0 fully saturated rings. The molecule has 1 aromatic rings. The van der Waals surface area contributed by atoms with Gasteiger partial charge in [-0.1, -0.05) is 31.4 Å². The summed E-state index contributed by atoms with van der Waals surface area (Å²) in [7, 11) is 0. The van der Waals surface area contributed by atoms with E-state index in [1.807, 2.05) is 6.07 Å². The molecule has 0 aliphatic heterocycles. The Hall–Kier alpha value is -2.06. The Labute approximate surface area is 142 Å². The zero-order valence-electron chi connectivity index (χ0n) is 13.7. The molecule has 1 amide bonds. The number of halogens is 1. The first-order valence-corrected chi connectivity index (χ1v) is 8.15. The quantitative estimate of drug-likeness (QED) is 0.338. The number of amides is 1. The number of carbonyl (C=O) groups excluding carboxylic acids is 1. The van der Waals surface area contributed by atoms with Gasteiger partial charge in [0, 0.05) is 22.7 Å². The van der Waals surface area contributed by atoms with Crippen LogP contribution in [0, 0.1) is 11.3 Å². The second-order valence-corrected chi connectivity index (χ2v) is 5.74. The fourth-order valence-electron chi connectivity index (χ4n) is 2.12. The Balaban J connectivity index is 2.95. The second kappa shape index (κ2) is 9.86. The van der Waals surface area contributed by atoms with E-state index in [0.717, 1.165) is 19.3 Å². The van der Waals surface area contributed by atoms with E-state index >= 15 is 0 Å². The lowest BCUT2D eigenvalue weighted by molar-refractivity contribution is -0.131. The van der Waals surface area contributed by atoms with Crippen LogP contribution in [-0.4, -0.2) is 23.2 Å². The molecule has 23 heavy (non-hydrogen) atoms. The van der Waals surface area contributed by atoms with Gasteiger partial charge in [-0.2, -0.15) is 10.4 Å². The third-order valence-electron chi connectivity index (χ3n) is 3.39. The predicted molar refractivity (Wildman–Crippen MR) is 94.2 cm³/mol. The van der Waals surface area contributed by atoms with Crippen LogP contribution >= 0.6 is 11.6 Å². The van der Waals surface area contributed by atoms with E-state index in [9.17, 15) is 4.79 Å². The van der Waals surface area contributed by atoms with E-state index in [-0.39, 0.29) is 18.9 Å². The smallest absolute Gasteiger partial charge is 0.242 e. The van der Waals surface area contributed by atoms with Gasteiger partial charge in [-0.25, -0.2) is 5.01 Å². The first-order chi connectivity index (χ1) is 11.0. The molecule has 0 atom stereocenters. The van der Waals surface area contributed by atoms with Crippen LogP contribution in [0.2, 0.25) is 5.02 Å². The summed E-state index contributed by atoms with van der Waals surface area (Å²) in [6, 6.07) is 7.18. The molecule has 0 heterocycles. The number of nitrogens with zero attached hydrogens (tertiary/aromatic N) is 3. The van der Waals surface area contributed by atoms with Crippen LogP contribution in [0.25, 0.3) is 0 Å². The highest BCUT2D eigenvalue weighted by atomic mass is 35.5. The average Bonchev–Trinajstić information content (AvgIpc) is 2.53. The van der Waals surface area contributed by atoms with Crippen molar-refractivity contribution in [1.82, 2.24) is 5.01 Å². The highest BCUT2D eigenvalue weighted by Gasteiger charge is 2.14. The van der Waals surface area contributed by atoms with Crippen molar-refractivity contribution < 1.29 is 4.79 Å². The predicted octanol–water partition coefficient (Wildman–Crippen LogP) is 3.97. The van der Waals surface area contributed by atoms with Gasteiger partial charge in [0.15, 0.2) is 0 Å². The molecule has 1 rings (SSSR count). The van der Waals surface area contributed by atoms with Crippen molar-refractivity contribution in [3.63, 3.8) is 0 Å². The van der Waals surface area contributed by atoms with Crippen LogP contribution in [0.3, 0.4) is 0 Å². The van der Waals surface area contributed by atoms with E-state index in [1.54, 1.807) is 25.1 Å². The SMILES string of the molecule is CCCCCC(=O)N(CCC#N)/N=C(\C)c1cc(Cl)ccc1N. The van der Waals surface area contributed by atoms with Crippen molar-refractivity contribution in [2.45, 2.75) is 46.0 Å². The van der Waals surface area contributed by atoms with Gasteiger partial charge in [-0.15, -0.1) is 0 Å². The summed E-state index contributed by atoms with van der Waals surface area (Å²) < 4.78 is 0. The van der Waals surface area contributed by atoms with Crippen LogP contribution in [0.5, 0.6) is 0 Å². The van der Waals surface area contributed by atoms with Gasteiger partial charge in [-0.3, -0.25) is 4.79 Å². The van der Waals surface area contributed by atoms with Crippen molar-refractivity contribution >= 4 is 28.9 Å². The maximum absolute atomic E-state index is 12.3. The van der Waals surface area contributed by atoms with Gasteiger partial charge in [0.05, 0.1) is 24.7 Å². The van der Waals surface area contributed by atoms with Crippen molar-refractivity contribution in [2.75, 3.05) is 12.3 Å². The Morgan fingerprint density at radius 3 is 2.83 bits per heavy atom. The summed E-state index contributed by atoms with van der Waals surface area (Å²) in [4.78, 5) is 12.3. The third-order valence-corrected chi connectivity index (χ3v) is 3.63. The van der Waals surface area contributed by atoms with Crippen LogP contribution < -0.4 is 5.73 Å². The number of nitrogens with two attached hydrogens (primary N) is 1. The molecule has 0 saturated carbocycles. The molecule has 5 nitrogen and oxygen atoms in total. The normalized spacial score (nSPS) is 11.1. The summed E-state index contributed by atoms with van der Waals surface area (Å²) in [5, 5.41) is 15.1. The van der Waals surface area contributed by atoms with Crippen molar-refractivity contribution in [3.8, 4) is 6.07 Å². The lowest BCUT2D eigenvalue weighted by atomic mass is 10.1. The number of rotatable bonds is 8. The van der Waals surface area contributed by atoms with Gasteiger partial charge in [0.2, 0.25) is 5.91 Å². The van der Waals surface area contributed by atoms with Gasteiger partial charge >= 0.3 is 0 Å². The number of hydrazone groups is 1. The standard InChI is InChI=1S/C17H23ClN4O/c1-3-4-5-7-17(23)22(11-6-10-19)21-13(2)15-12-14(18)8-9-16(15)20/h8-9,12H,3-7,11,20H2,1-2H3/b21-13+. The molecule has 2 N–H and O–H groups in total. The lowest BCUT2D eigenvalue weighted by Gasteiger charge is -2.18. The number of benzene rings is 1. The van der Waals surface area contributed by atoms with Crippen molar-refractivity contribution in [3.05, 3.63) is 28.8 Å². The van der Waals surface area contributed by atoms with Crippen LogP contribution in [-0.2, 0) is 4.79 Å². The largest absolute Gasteiger partial charge is 0.398 e. The van der Waals surface area contributed by atoms with Gasteiger partial charge < -0.3 is 5.73 Å². The topological polar surface area (TPSA) is 82.5 Å². The fraction of sp³-hybridized carbons (Fsp3) is 0.471. The Bertz CT molecular complexity index is 607. The third kappa shape index (κ3) is 6.29. The molecule has 0 aromatic heterocycles. The number of hydrogen-bond donors (Lipinski definition) is 1. The maximum atomic E-state index is 12.3. The molecule has 0 radical (unpaired) electrons. The van der Waals surface area contributed by atoms with E-state index in [2.05, 4.69) is 12.0 Å². The number of hydrogen-bond acceptors (Lipinski definition) is 4. The number of carbonyl (C=O) groups is 1. The number of anilines is 1. The van der Waals surface area contributed by atoms with Gasteiger partial charge in [-0.05, 0) is 31.5 Å². The molecule has 1 aromatic carbocycles. The summed E-state index contributed by atoms with van der Waals surface area (Å²) in [6.45, 7) is 4.14. The van der Waals surface area contributed by atoms with Crippen molar-refractivity contribution in [1.29, 1.82) is 5.26 Å². The zero-order chi connectivity index (χ0) is 17.2. The Morgan fingerprint density at radius 1 is 1.43 bits per heavy atom. The van der Waals surface area contributed by atoms with Crippen molar-refractivity contribution in [2.24, 2.45) is 5.10 Å². The average molecular weight is 335 g/mol. The number of nitrogen functional groups attached to an aromatic ring is 1. The molecule has 0 aliphatic carbocycles. The minimum Gasteiger partial charge on any atom is -0.398 e. The van der Waals surface area contributed by atoms with E-state index in [4.69, 9.17) is 22.6 Å². The minimum atomic E-state index is -0.0753. The highest BCUT2D eigenvalue weighted by Crippen LogP contribution is 2.19. The molecular formula is C17H23ClN4O. The van der Waals surface area contributed by atoms with Crippen LogP contribution in [0.4, 0.5) is 5.69 Å². The molecule has 0 spiro atoms. The monoisotopic (exact) mass is 334 g/mol. The lowest BCUT2D eigenvalue weighted by Crippen LogP contribution is -2.28. The summed E-state index contributed by atoms with van der Waals surface area (Å²) in [6.07, 6.45) is 3.54. The molecule has 0 bridgehead atoms. The molecule has 6 heteroatoms. The van der Waals surface area contributed by atoms with Gasteiger partial charge in [0.25, 0.3) is 0 Å². The molecule has 0 saturated heterocycles. The van der Waals surface area contributed by atoms with Gasteiger partial charge in [0.1, 0.15) is 0 Å². The zero-order valence-corrected chi connectivity index (χ0v) is 14.4. The number of unbranched alkanes of at least 4 members (excludes halogenated alkanes) is 2. The van der Waals surface area contributed by atoms with E-state index < -0.39 is 0 Å². The summed E-state index contributed by atoms with van der Waals surface area (Å²) >= 11 is 5.99. The molecular weight excluding hydrogens is 312 g/mol. The first kappa shape index (κ1) is 19.0. The van der Waals surface area contributed by atoms with E-state index in [1.165, 1.54) is 5.01 Å². The molecule has 0 aliphatic rings. The van der Waals surface area contributed by atoms with Crippen LogP contribution in [0.15, 0.2) is 23.3 Å². The second-order valence-electron chi connectivity index (χ2n) is 5.30. The van der Waals surface area contributed by atoms with Crippen LogP contribution in [0.1, 0.15) is 51.5 Å². The minimum absolute atomic E-state index is 0.0753. The highest BCUT2D eigenvalue weighted by molar-refractivity contribution is 6.31. The first-order valence-electron chi connectivity index (χ1n) is 7.77. The number of nitriles is 1. The Kier molecular flexibility index (Phi) is 8.14. The fourth-order valence-corrected chi connectivity index (χ4v) is 2.29. The maximum Gasteiger partial charge on any atom is 0.242 e.